The number of carboxylic acid groups (broad SMARTS) is 1. The van der Waals surface area contributed by atoms with Crippen LogP contribution >= 0.6 is 0 Å². The van der Waals surface area contributed by atoms with E-state index in [-0.39, 0.29) is 75.0 Å². The van der Waals surface area contributed by atoms with Gasteiger partial charge in [-0.25, -0.2) is 14.4 Å². The molecule has 130 heavy (non-hydrogen) atoms. The number of nitrogens with zero attached hydrogens (tertiary/aromatic N) is 3. The number of aldehydes is 1. The van der Waals surface area contributed by atoms with Crippen LogP contribution in [0.25, 0.3) is 0 Å². The Morgan fingerprint density at radius 1 is 0.385 bits per heavy atom. The van der Waals surface area contributed by atoms with Crippen molar-refractivity contribution in [1.82, 2.24) is 14.7 Å². The van der Waals surface area contributed by atoms with E-state index in [1.807, 2.05) is 251 Å². The molecule has 0 unspecified atom stereocenters. The number of halogens is 3. The maximum Gasteiger partial charge on any atom is 0.446 e. The molecule has 0 saturated carbocycles. The van der Waals surface area contributed by atoms with Crippen molar-refractivity contribution in [3.63, 3.8) is 0 Å². The zero-order valence-electron chi connectivity index (χ0n) is 75.6. The van der Waals surface area contributed by atoms with Crippen LogP contribution in [0.2, 0.25) is 0 Å². The number of Topliss-reactive ketones (excluding diaryl/α,β-unsaturated/α-hetero) is 1. The highest BCUT2D eigenvalue weighted by Gasteiger charge is 2.50. The Hall–Kier alpha value is -12.5. The van der Waals surface area contributed by atoms with Gasteiger partial charge >= 0.3 is 48.0 Å². The van der Waals surface area contributed by atoms with Gasteiger partial charge in [0, 0.05) is 37.4 Å². The van der Waals surface area contributed by atoms with Crippen molar-refractivity contribution in [3.8, 4) is 0 Å². The molecule has 3 fully saturated rings. The Morgan fingerprint density at radius 2 is 0.646 bits per heavy atom. The zero-order valence-corrected chi connectivity index (χ0v) is 75.6. The predicted molar refractivity (Wildman–Crippen MR) is 482 cm³/mol. The van der Waals surface area contributed by atoms with Gasteiger partial charge in [0.1, 0.15) is 60.5 Å². The Kier molecular flexibility index (Phi) is 36.8. The summed E-state index contributed by atoms with van der Waals surface area (Å²) in [6.07, 6.45) is 0.810. The van der Waals surface area contributed by atoms with Gasteiger partial charge in [0.2, 0.25) is 24.0 Å². The molecule has 3 N–H and O–H groups in total. The predicted octanol–water partition coefficient (Wildman–Crippen LogP) is 16.0. The summed E-state index contributed by atoms with van der Waals surface area (Å²) < 4.78 is 64.2. The molecule has 0 radical (unpaired) electrons. The van der Waals surface area contributed by atoms with E-state index in [1.165, 1.54) is 0 Å². The number of alkyl halides is 3. The summed E-state index contributed by atoms with van der Waals surface area (Å²) in [4.78, 5) is 156. The smallest absolute Gasteiger partial charge is 0.446 e. The van der Waals surface area contributed by atoms with Gasteiger partial charge in [0.05, 0.1) is 36.6 Å². The van der Waals surface area contributed by atoms with Gasteiger partial charge in [0.15, 0.2) is 0 Å². The fraction of sp³-hybridized carbons (Fsp3) is 0.423. The van der Waals surface area contributed by atoms with E-state index in [0.717, 1.165) is 68.5 Å². The van der Waals surface area contributed by atoms with Crippen molar-refractivity contribution in [2.75, 3.05) is 19.6 Å². The average Bonchev–Trinajstić information content (AvgIpc) is 1.62. The second-order valence-electron chi connectivity index (χ2n) is 36.6. The first-order valence-corrected chi connectivity index (χ1v) is 44.2. The Labute approximate surface area is 759 Å². The van der Waals surface area contributed by atoms with Gasteiger partial charge in [-0.15, -0.1) is 0 Å². The molecule has 0 aromatic heterocycles. The van der Waals surface area contributed by atoms with Gasteiger partial charge in [-0.1, -0.05) is 231 Å². The number of ketones is 1. The summed E-state index contributed by atoms with van der Waals surface area (Å²) in [6.45, 7) is 18.2. The molecule has 3 amide bonds. The number of esters is 6. The van der Waals surface area contributed by atoms with Gasteiger partial charge < -0.3 is 54.0 Å². The van der Waals surface area contributed by atoms with Crippen LogP contribution in [0.1, 0.15) is 182 Å². The van der Waals surface area contributed by atoms with Crippen LogP contribution in [0.5, 0.6) is 0 Å². The normalized spacial score (nSPS) is 17.0. The molecule has 6 atom stereocenters. The monoisotopic (exact) mass is 1790 g/mol. The Morgan fingerprint density at radius 3 is 0.946 bits per heavy atom. The van der Waals surface area contributed by atoms with E-state index < -0.39 is 112 Å². The summed E-state index contributed by atoms with van der Waals surface area (Å²) in [7, 11) is 0. The fourth-order valence-electron chi connectivity index (χ4n) is 16.7. The van der Waals surface area contributed by atoms with Crippen LogP contribution in [0.15, 0.2) is 231 Å². The number of carboxylic acids is 1. The summed E-state index contributed by atoms with van der Waals surface area (Å²) >= 11 is 0. The maximum atomic E-state index is 14.5. The molecule has 5 aliphatic rings. The number of hydrogen-bond donors (Lipinski definition) is 2. The van der Waals surface area contributed by atoms with E-state index >= 15 is 0 Å². The lowest BCUT2D eigenvalue weighted by atomic mass is 9.73. The zero-order chi connectivity index (χ0) is 94.4. The number of likely N-dealkylation sites (tertiary alicyclic amines) is 3. The Bertz CT molecular complexity index is 5050. The first-order chi connectivity index (χ1) is 61.7. The highest BCUT2D eigenvalue weighted by molar-refractivity contribution is 5.96. The quantitative estimate of drug-likeness (QED) is 0.0261. The SMILES string of the molecule is CC(C)(C)OC(=O)CC1(C(=O)C[C@@H](Cc2ccccc2)C(=O)N2CCC[C@H]2C(=O)OCc2ccccc2)Cc2ccccc2C1.CC(C)(C)OC(=O)CC1(C(=O)O)Cc2ccccc2C1.CC(C)(C)OC(=O)C[C@@H](Cc1ccccc1)C(=O)N1CCC[C@H]1C(=O)OCc1ccccc1.N[C@@H](Cc1ccccc1)C(=O)N1CCC[C@H]1C(=O)OCc1ccccc1.O=CC(F)(F)F. The molecule has 0 bridgehead atoms. The van der Waals surface area contributed by atoms with Crippen molar-refractivity contribution in [2.45, 2.75) is 238 Å². The third-order valence-corrected chi connectivity index (χ3v) is 22.7. The van der Waals surface area contributed by atoms with Crippen LogP contribution in [-0.4, -0.2) is 158 Å². The lowest BCUT2D eigenvalue weighted by Crippen LogP contribution is -2.49. The van der Waals surface area contributed by atoms with Crippen LogP contribution in [0.3, 0.4) is 0 Å². The van der Waals surface area contributed by atoms with E-state index in [1.54, 1.807) is 56.2 Å². The molecular formula is C104H121F3N4O19. The molecule has 26 heteroatoms. The van der Waals surface area contributed by atoms with Crippen molar-refractivity contribution >= 4 is 71.6 Å². The van der Waals surface area contributed by atoms with E-state index in [4.69, 9.17) is 38.9 Å². The molecule has 3 heterocycles. The number of hydrogen-bond acceptors (Lipinski definition) is 19. The second-order valence-corrected chi connectivity index (χ2v) is 36.6. The van der Waals surface area contributed by atoms with Crippen molar-refractivity contribution in [3.05, 3.63) is 286 Å². The standard InChI is InChI=1S/C38H43NO6.C27H33NO5.C21H24N2O3.C16H20O4.C2HF3O/c1-37(2,3)45-34(41)25-38(23-29-17-10-11-18-30(29)24-38)33(40)22-31(21-27-13-6-4-7-14-27)35(42)39-20-12-19-32(39)36(43)44-26-28-15-8-5-9-16-28;1-27(2,3)33-24(29)18-22(17-20-11-6-4-7-12-20)25(30)28-16-10-15-23(28)26(31)32-19-21-13-8-5-9-14-21;22-18(14-16-8-3-1-4-9-16)20(24)23-13-7-12-19(23)21(25)26-15-17-10-5-2-6-11-17;1-15(2,3)20-13(17)10-16(14(18)19)8-11-6-4-5-7-12(11)9-16;3-2(4,5)1-6/h4-11,13-18,31-32H,12,19-26H2,1-3H3;4-9,11-14,22-23H,10,15-19H2,1-3H3;1-6,8-11,18-19H,7,12-15,22H2;4-7H,8-10H2,1-3H3,(H,18,19);1H/t31-,32+;22-,23+;18-,19-;;/m110../s1. The molecular weight excluding hydrogens is 1670 g/mol. The summed E-state index contributed by atoms with van der Waals surface area (Å²) in [6, 6.07) is 70.3. The van der Waals surface area contributed by atoms with Crippen molar-refractivity contribution < 1.29 is 104 Å². The van der Waals surface area contributed by atoms with E-state index in [2.05, 4.69) is 0 Å². The van der Waals surface area contributed by atoms with Crippen LogP contribution < -0.4 is 5.73 Å². The van der Waals surface area contributed by atoms with Gasteiger partial charge in [-0.05, 0) is 201 Å². The third kappa shape index (κ3) is 31.7. The average molecular weight is 1790 g/mol. The van der Waals surface area contributed by atoms with Crippen molar-refractivity contribution in [2.24, 2.45) is 28.4 Å². The summed E-state index contributed by atoms with van der Waals surface area (Å²) in [5, 5.41) is 9.58. The molecule has 23 nitrogen and oxygen atoms in total. The minimum absolute atomic E-state index is 0.0344. The number of benzene rings is 8. The highest BCUT2D eigenvalue weighted by Crippen LogP contribution is 2.44. The molecule has 8 aromatic rings. The molecule has 0 spiro atoms. The molecule has 692 valence electrons. The topological polar surface area (TPSA) is 316 Å². The lowest BCUT2D eigenvalue weighted by molar-refractivity contribution is -0.164. The molecule has 3 saturated heterocycles. The lowest BCUT2D eigenvalue weighted by Gasteiger charge is -2.32. The molecule has 13 rings (SSSR count). The number of aliphatic carboxylic acids is 1. The first-order valence-electron chi connectivity index (χ1n) is 44.2. The fourth-order valence-corrected chi connectivity index (χ4v) is 16.7. The molecule has 2 aliphatic carbocycles. The number of nitrogens with two attached hydrogens (primary N) is 1. The molecule has 8 aromatic carbocycles. The van der Waals surface area contributed by atoms with E-state index in [9.17, 15) is 71.0 Å². The van der Waals surface area contributed by atoms with Crippen molar-refractivity contribution in [1.29, 1.82) is 0 Å². The summed E-state index contributed by atoms with van der Waals surface area (Å²) in [5.41, 5.74) is 11.9. The number of amides is 3. The largest absolute Gasteiger partial charge is 0.481 e. The third-order valence-electron chi connectivity index (χ3n) is 22.7. The van der Waals surface area contributed by atoms with E-state index in [0.29, 0.717) is 90.3 Å². The first kappa shape index (κ1) is 101. The highest BCUT2D eigenvalue weighted by atomic mass is 19.4. The Balaban J connectivity index is 0.000000198. The van der Waals surface area contributed by atoms with Gasteiger partial charge in [-0.3, -0.25) is 43.2 Å². The maximum absolute atomic E-state index is 14.5. The minimum Gasteiger partial charge on any atom is -0.481 e. The van der Waals surface area contributed by atoms with Crippen LogP contribution in [0.4, 0.5) is 13.2 Å². The second kappa shape index (κ2) is 47.2. The number of carbonyl (C=O) groups excluding carboxylic acids is 11. The number of carbonyl (C=O) groups is 12. The van der Waals surface area contributed by atoms with Gasteiger partial charge in [-0.2, -0.15) is 13.2 Å². The number of fused-ring (bicyclic) bond motifs is 2. The number of rotatable bonds is 28. The number of ether oxygens (including phenoxy) is 6. The van der Waals surface area contributed by atoms with Gasteiger partial charge in [0.25, 0.3) is 0 Å². The minimum atomic E-state index is -4.64. The van der Waals surface area contributed by atoms with Crippen LogP contribution in [0, 0.1) is 22.7 Å². The van der Waals surface area contributed by atoms with Crippen LogP contribution in [-0.2, 0) is 151 Å². The summed E-state index contributed by atoms with van der Waals surface area (Å²) in [5.74, 6) is -5.45. The molecule has 3 aliphatic heterocycles.